The van der Waals surface area contributed by atoms with Crippen molar-refractivity contribution < 1.29 is 31.6 Å². The Morgan fingerprint density at radius 1 is 1.03 bits per heavy atom. The average Bonchev–Trinajstić information content (AvgIpc) is 3.49. The summed E-state index contributed by atoms with van der Waals surface area (Å²) in [4.78, 5) is 36.4. The molecule has 1 aliphatic heterocycles. The third-order valence-corrected chi connectivity index (χ3v) is 7.13. The van der Waals surface area contributed by atoms with E-state index in [0.29, 0.717) is 18.7 Å². The van der Waals surface area contributed by atoms with Crippen LogP contribution in [0.2, 0.25) is 0 Å². The monoisotopic (exact) mass is 489 g/mol. The summed E-state index contributed by atoms with van der Waals surface area (Å²) in [6.07, 6.45) is 1.63. The van der Waals surface area contributed by atoms with Crippen LogP contribution < -0.4 is 5.76 Å². The van der Waals surface area contributed by atoms with Crippen LogP contribution in [-0.2, 0) is 26.1 Å². The lowest BCUT2D eigenvalue weighted by Gasteiger charge is -2.15. The van der Waals surface area contributed by atoms with Crippen molar-refractivity contribution in [3.8, 4) is 11.5 Å². The third-order valence-electron chi connectivity index (χ3n) is 5.22. The van der Waals surface area contributed by atoms with Crippen molar-refractivity contribution in [3.05, 3.63) is 70.5 Å². The molecule has 0 spiro atoms. The number of ketones is 1. The Hall–Kier alpha value is -3.64. The number of aromatic nitrogens is 2. The number of esters is 1. The molecule has 1 aliphatic rings. The Morgan fingerprint density at radius 3 is 2.32 bits per heavy atom. The van der Waals surface area contributed by atoms with Gasteiger partial charge in [-0.1, -0.05) is 0 Å². The number of hydrogen-bond donors (Lipinski definition) is 0. The number of benzene rings is 2. The fourth-order valence-electron chi connectivity index (χ4n) is 3.40. The molecular formula is C22H20FN3O7S. The van der Waals surface area contributed by atoms with Gasteiger partial charge in [0.2, 0.25) is 15.9 Å². The van der Waals surface area contributed by atoms with Gasteiger partial charge in [-0.25, -0.2) is 17.6 Å². The summed E-state index contributed by atoms with van der Waals surface area (Å²) in [6.45, 7) is -0.254. The standard InChI is InChI=1S/C22H20FN3O7S/c23-17-7-3-16(4-8-17)21-24-26(22(29)33-21)13-20(28)32-14-19(27)15-5-9-18(10-6-15)34(30,31)25-11-1-2-12-25/h3-10H,1-2,11-14H2. The molecule has 0 N–H and O–H groups in total. The highest BCUT2D eigenvalue weighted by Crippen LogP contribution is 2.21. The molecule has 0 atom stereocenters. The van der Waals surface area contributed by atoms with Gasteiger partial charge < -0.3 is 9.15 Å². The number of halogens is 1. The molecule has 3 aromatic rings. The first kappa shape index (κ1) is 23.5. The van der Waals surface area contributed by atoms with E-state index in [1.165, 1.54) is 52.8 Å². The van der Waals surface area contributed by atoms with Crippen molar-refractivity contribution >= 4 is 21.8 Å². The van der Waals surface area contributed by atoms with E-state index >= 15 is 0 Å². The summed E-state index contributed by atoms with van der Waals surface area (Å²) in [5.74, 6) is -2.93. The molecule has 1 aromatic heterocycles. The molecule has 1 saturated heterocycles. The molecule has 2 heterocycles. The van der Waals surface area contributed by atoms with E-state index < -0.39 is 46.5 Å². The minimum absolute atomic E-state index is 0.0883. The van der Waals surface area contributed by atoms with Gasteiger partial charge in [-0.2, -0.15) is 8.99 Å². The zero-order chi connectivity index (χ0) is 24.3. The Labute approximate surface area is 193 Å². The van der Waals surface area contributed by atoms with Gasteiger partial charge in [-0.05, 0) is 61.4 Å². The Bertz CT molecular complexity index is 1360. The van der Waals surface area contributed by atoms with Crippen LogP contribution in [0.25, 0.3) is 11.5 Å². The second kappa shape index (κ2) is 9.69. The molecule has 2 aromatic carbocycles. The molecule has 12 heteroatoms. The highest BCUT2D eigenvalue weighted by molar-refractivity contribution is 7.89. The number of nitrogens with zero attached hydrogens (tertiary/aromatic N) is 3. The molecule has 0 unspecified atom stereocenters. The molecule has 0 amide bonds. The lowest BCUT2D eigenvalue weighted by molar-refractivity contribution is -0.143. The van der Waals surface area contributed by atoms with Crippen LogP contribution >= 0.6 is 0 Å². The van der Waals surface area contributed by atoms with E-state index in [2.05, 4.69) is 5.10 Å². The maximum Gasteiger partial charge on any atom is 0.437 e. The van der Waals surface area contributed by atoms with Gasteiger partial charge in [0.05, 0.1) is 4.90 Å². The normalized spacial score (nSPS) is 14.3. The predicted molar refractivity (Wildman–Crippen MR) is 116 cm³/mol. The van der Waals surface area contributed by atoms with E-state index in [1.54, 1.807) is 0 Å². The van der Waals surface area contributed by atoms with Crippen molar-refractivity contribution in [2.75, 3.05) is 19.7 Å². The van der Waals surface area contributed by atoms with Crippen molar-refractivity contribution in [3.63, 3.8) is 0 Å². The number of Topliss-reactive ketones (excluding diaryl/α,β-unsaturated/α-hetero) is 1. The van der Waals surface area contributed by atoms with Gasteiger partial charge in [0.15, 0.2) is 12.4 Å². The van der Waals surface area contributed by atoms with Crippen LogP contribution in [0.1, 0.15) is 23.2 Å². The topological polar surface area (TPSA) is 129 Å². The van der Waals surface area contributed by atoms with Crippen LogP contribution in [0, 0.1) is 5.82 Å². The molecule has 0 bridgehead atoms. The lowest BCUT2D eigenvalue weighted by Crippen LogP contribution is -2.27. The Morgan fingerprint density at radius 2 is 1.68 bits per heavy atom. The second-order valence-electron chi connectivity index (χ2n) is 7.56. The molecule has 178 valence electrons. The van der Waals surface area contributed by atoms with E-state index in [0.717, 1.165) is 17.5 Å². The van der Waals surface area contributed by atoms with Gasteiger partial charge >= 0.3 is 11.7 Å². The van der Waals surface area contributed by atoms with Crippen molar-refractivity contribution in [2.24, 2.45) is 0 Å². The van der Waals surface area contributed by atoms with Crippen molar-refractivity contribution in [1.29, 1.82) is 0 Å². The first-order chi connectivity index (χ1) is 16.2. The first-order valence-electron chi connectivity index (χ1n) is 10.4. The maximum atomic E-state index is 13.0. The molecule has 10 nitrogen and oxygen atoms in total. The smallest absolute Gasteiger partial charge is 0.437 e. The van der Waals surface area contributed by atoms with Crippen LogP contribution in [0.15, 0.2) is 62.6 Å². The van der Waals surface area contributed by atoms with E-state index in [9.17, 15) is 27.2 Å². The zero-order valence-electron chi connectivity index (χ0n) is 17.8. The first-order valence-corrected chi connectivity index (χ1v) is 11.8. The van der Waals surface area contributed by atoms with Crippen LogP contribution in [0.5, 0.6) is 0 Å². The maximum absolute atomic E-state index is 13.0. The number of carbonyl (C=O) groups is 2. The number of rotatable bonds is 8. The number of ether oxygens (including phenoxy) is 1. The molecule has 1 fully saturated rings. The summed E-state index contributed by atoms with van der Waals surface area (Å²) in [5.41, 5.74) is 0.515. The summed E-state index contributed by atoms with van der Waals surface area (Å²) in [6, 6.07) is 10.5. The molecule has 0 aliphatic carbocycles. The quantitative estimate of drug-likeness (QED) is 0.346. The fraction of sp³-hybridized carbons (Fsp3) is 0.273. The summed E-state index contributed by atoms with van der Waals surface area (Å²) < 4.78 is 50.1. The molecule has 34 heavy (non-hydrogen) atoms. The molecule has 4 rings (SSSR count). The Kier molecular flexibility index (Phi) is 6.70. The predicted octanol–water partition coefficient (Wildman–Crippen LogP) is 1.85. The van der Waals surface area contributed by atoms with Crippen LogP contribution in [-0.4, -0.2) is 54.0 Å². The zero-order valence-corrected chi connectivity index (χ0v) is 18.7. The SMILES string of the molecule is O=C(Cn1nc(-c2ccc(F)cc2)oc1=O)OCC(=O)c1ccc(S(=O)(=O)N2CCCC2)cc1. The van der Waals surface area contributed by atoms with Gasteiger partial charge in [0.25, 0.3) is 0 Å². The molecule has 0 saturated carbocycles. The summed E-state index contributed by atoms with van der Waals surface area (Å²) in [7, 11) is -3.60. The van der Waals surface area contributed by atoms with E-state index in [1.807, 2.05) is 0 Å². The second-order valence-corrected chi connectivity index (χ2v) is 9.50. The fourth-order valence-corrected chi connectivity index (χ4v) is 4.92. The van der Waals surface area contributed by atoms with Crippen LogP contribution in [0.3, 0.4) is 0 Å². The highest BCUT2D eigenvalue weighted by atomic mass is 32.2. The average molecular weight is 489 g/mol. The Balaban J connectivity index is 1.34. The molecule has 0 radical (unpaired) electrons. The summed E-state index contributed by atoms with van der Waals surface area (Å²) in [5, 5.41) is 3.87. The minimum Gasteiger partial charge on any atom is -0.456 e. The number of carbonyl (C=O) groups excluding carboxylic acids is 2. The largest absolute Gasteiger partial charge is 0.456 e. The van der Waals surface area contributed by atoms with E-state index in [4.69, 9.17) is 9.15 Å². The minimum atomic E-state index is -3.60. The van der Waals surface area contributed by atoms with Gasteiger partial charge in [0, 0.05) is 24.2 Å². The van der Waals surface area contributed by atoms with E-state index in [-0.39, 0.29) is 16.3 Å². The van der Waals surface area contributed by atoms with Crippen molar-refractivity contribution in [1.82, 2.24) is 14.1 Å². The van der Waals surface area contributed by atoms with Crippen molar-refractivity contribution in [2.45, 2.75) is 24.3 Å². The number of sulfonamides is 1. The number of hydrogen-bond acceptors (Lipinski definition) is 8. The third kappa shape index (κ3) is 5.13. The van der Waals surface area contributed by atoms with Crippen LogP contribution in [0.4, 0.5) is 4.39 Å². The lowest BCUT2D eigenvalue weighted by atomic mass is 10.1. The molecular weight excluding hydrogens is 469 g/mol. The van der Waals surface area contributed by atoms with Gasteiger partial charge in [-0.15, -0.1) is 5.10 Å². The highest BCUT2D eigenvalue weighted by Gasteiger charge is 2.27. The summed E-state index contributed by atoms with van der Waals surface area (Å²) >= 11 is 0. The van der Waals surface area contributed by atoms with Gasteiger partial charge in [-0.3, -0.25) is 9.59 Å². The van der Waals surface area contributed by atoms with Gasteiger partial charge in [0.1, 0.15) is 12.4 Å².